The van der Waals surface area contributed by atoms with E-state index in [0.29, 0.717) is 5.75 Å². The molecule has 1 aliphatic carbocycles. The summed E-state index contributed by atoms with van der Waals surface area (Å²) in [5.41, 5.74) is 1.38. The number of anilines is 1. The van der Waals surface area contributed by atoms with Crippen molar-refractivity contribution in [2.45, 2.75) is 24.7 Å². The summed E-state index contributed by atoms with van der Waals surface area (Å²) in [6.07, 6.45) is 2.85. The Bertz CT molecular complexity index is 678. The fourth-order valence-corrected chi connectivity index (χ4v) is 3.20. The summed E-state index contributed by atoms with van der Waals surface area (Å²) < 4.78 is 6.34. The summed E-state index contributed by atoms with van der Waals surface area (Å²) in [7, 11) is 1.61. The lowest BCUT2D eigenvalue weighted by atomic mass is 9.64. The van der Waals surface area contributed by atoms with Gasteiger partial charge < -0.3 is 10.1 Å². The summed E-state index contributed by atoms with van der Waals surface area (Å²) >= 11 is 3.44. The molecule has 114 valence electrons. The molecular formula is C18H18BrNO2. The van der Waals surface area contributed by atoms with Gasteiger partial charge in [-0.2, -0.15) is 0 Å². The molecule has 0 unspecified atom stereocenters. The third-order valence-electron chi connectivity index (χ3n) is 4.39. The number of amides is 1. The molecule has 0 spiro atoms. The molecule has 3 rings (SSSR count). The van der Waals surface area contributed by atoms with Crippen LogP contribution in [-0.2, 0) is 10.2 Å². The SMILES string of the molecule is COc1ccccc1NC(=O)C1(c2ccc(Br)cc2)CCC1. The molecule has 3 nitrogen and oxygen atoms in total. The molecule has 0 radical (unpaired) electrons. The minimum atomic E-state index is -0.415. The first-order valence-corrected chi connectivity index (χ1v) is 8.15. The van der Waals surface area contributed by atoms with Crippen LogP contribution in [0.3, 0.4) is 0 Å². The standard InChI is InChI=1S/C18H18BrNO2/c1-22-16-6-3-2-5-15(16)20-17(21)18(11-4-12-18)13-7-9-14(19)10-8-13/h2-3,5-10H,4,11-12H2,1H3,(H,20,21). The number of rotatable bonds is 4. The van der Waals surface area contributed by atoms with Gasteiger partial charge >= 0.3 is 0 Å². The lowest BCUT2D eigenvalue weighted by Crippen LogP contribution is -2.46. The molecule has 0 atom stereocenters. The molecule has 1 saturated carbocycles. The second-order valence-electron chi connectivity index (χ2n) is 5.60. The predicted molar refractivity (Wildman–Crippen MR) is 91.3 cm³/mol. The highest BCUT2D eigenvalue weighted by Crippen LogP contribution is 2.45. The van der Waals surface area contributed by atoms with Crippen molar-refractivity contribution in [1.82, 2.24) is 0 Å². The van der Waals surface area contributed by atoms with E-state index >= 15 is 0 Å². The van der Waals surface area contributed by atoms with Crippen LogP contribution >= 0.6 is 15.9 Å². The quantitative estimate of drug-likeness (QED) is 0.871. The maximum absolute atomic E-state index is 12.9. The first-order valence-electron chi connectivity index (χ1n) is 7.36. The third-order valence-corrected chi connectivity index (χ3v) is 4.92. The molecule has 0 heterocycles. The highest BCUT2D eigenvalue weighted by molar-refractivity contribution is 9.10. The van der Waals surface area contributed by atoms with Gasteiger partial charge in [-0.25, -0.2) is 0 Å². The van der Waals surface area contributed by atoms with Gasteiger partial charge in [-0.3, -0.25) is 4.79 Å². The van der Waals surface area contributed by atoms with Crippen LogP contribution in [0.5, 0.6) is 5.75 Å². The minimum absolute atomic E-state index is 0.0468. The molecule has 1 N–H and O–H groups in total. The van der Waals surface area contributed by atoms with E-state index in [1.807, 2.05) is 48.5 Å². The van der Waals surface area contributed by atoms with E-state index in [-0.39, 0.29) is 5.91 Å². The second-order valence-corrected chi connectivity index (χ2v) is 6.51. The van der Waals surface area contributed by atoms with Crippen molar-refractivity contribution < 1.29 is 9.53 Å². The van der Waals surface area contributed by atoms with Crippen molar-refractivity contribution in [3.8, 4) is 5.75 Å². The zero-order valence-corrected chi connectivity index (χ0v) is 14.0. The van der Waals surface area contributed by atoms with Gasteiger partial charge in [0.2, 0.25) is 5.91 Å². The Morgan fingerprint density at radius 2 is 1.82 bits per heavy atom. The Balaban J connectivity index is 1.87. The molecule has 1 amide bonds. The van der Waals surface area contributed by atoms with Crippen LogP contribution in [0.1, 0.15) is 24.8 Å². The molecular weight excluding hydrogens is 342 g/mol. The van der Waals surface area contributed by atoms with E-state index in [2.05, 4.69) is 21.2 Å². The van der Waals surface area contributed by atoms with E-state index in [0.717, 1.165) is 35.0 Å². The molecule has 0 aromatic heterocycles. The molecule has 0 bridgehead atoms. The average Bonchev–Trinajstić information content (AvgIpc) is 2.48. The fourth-order valence-electron chi connectivity index (χ4n) is 2.94. The predicted octanol–water partition coefficient (Wildman–Crippen LogP) is 4.52. The topological polar surface area (TPSA) is 38.3 Å². The lowest BCUT2D eigenvalue weighted by molar-refractivity contribution is -0.124. The van der Waals surface area contributed by atoms with Crippen LogP contribution in [0.15, 0.2) is 53.0 Å². The molecule has 2 aromatic rings. The Morgan fingerprint density at radius 1 is 1.14 bits per heavy atom. The summed E-state index contributed by atoms with van der Waals surface area (Å²) in [4.78, 5) is 12.9. The van der Waals surface area contributed by atoms with Crippen molar-refractivity contribution in [2.24, 2.45) is 0 Å². The smallest absolute Gasteiger partial charge is 0.235 e. The van der Waals surface area contributed by atoms with Crippen molar-refractivity contribution >= 4 is 27.5 Å². The number of nitrogens with one attached hydrogen (secondary N) is 1. The van der Waals surface area contributed by atoms with Crippen LogP contribution in [0.2, 0.25) is 0 Å². The zero-order chi connectivity index (χ0) is 15.6. The van der Waals surface area contributed by atoms with Gasteiger partial charge in [0.1, 0.15) is 5.75 Å². The molecule has 0 aliphatic heterocycles. The summed E-state index contributed by atoms with van der Waals surface area (Å²) in [5, 5.41) is 3.04. The first-order chi connectivity index (χ1) is 10.7. The van der Waals surface area contributed by atoms with Crippen molar-refractivity contribution in [3.63, 3.8) is 0 Å². The number of carbonyl (C=O) groups is 1. The maximum atomic E-state index is 12.9. The molecule has 1 fully saturated rings. The monoisotopic (exact) mass is 359 g/mol. The number of ether oxygens (including phenoxy) is 1. The van der Waals surface area contributed by atoms with Gasteiger partial charge in [0, 0.05) is 4.47 Å². The second kappa shape index (κ2) is 6.13. The molecule has 4 heteroatoms. The van der Waals surface area contributed by atoms with E-state index in [1.54, 1.807) is 7.11 Å². The normalized spacial score (nSPS) is 15.7. The van der Waals surface area contributed by atoms with Gasteiger partial charge in [0.05, 0.1) is 18.2 Å². The van der Waals surface area contributed by atoms with E-state index < -0.39 is 5.41 Å². The third kappa shape index (κ3) is 2.63. The average molecular weight is 360 g/mol. The Hall–Kier alpha value is -1.81. The summed E-state index contributed by atoms with van der Waals surface area (Å²) in [5.74, 6) is 0.728. The molecule has 2 aromatic carbocycles. The summed E-state index contributed by atoms with van der Waals surface area (Å²) in [6, 6.07) is 15.6. The minimum Gasteiger partial charge on any atom is -0.495 e. The lowest BCUT2D eigenvalue weighted by Gasteiger charge is -2.40. The maximum Gasteiger partial charge on any atom is 0.235 e. The first kappa shape index (κ1) is 15.1. The van der Waals surface area contributed by atoms with Crippen molar-refractivity contribution in [3.05, 3.63) is 58.6 Å². The van der Waals surface area contributed by atoms with Crippen LogP contribution in [-0.4, -0.2) is 13.0 Å². The van der Waals surface area contributed by atoms with Crippen LogP contribution in [0.25, 0.3) is 0 Å². The van der Waals surface area contributed by atoms with E-state index in [4.69, 9.17) is 4.74 Å². The number of hydrogen-bond donors (Lipinski definition) is 1. The van der Waals surface area contributed by atoms with Gasteiger partial charge in [-0.15, -0.1) is 0 Å². The van der Waals surface area contributed by atoms with Gasteiger partial charge in [0.25, 0.3) is 0 Å². The Kier molecular flexibility index (Phi) is 4.21. The number of para-hydroxylation sites is 2. The zero-order valence-electron chi connectivity index (χ0n) is 12.4. The van der Waals surface area contributed by atoms with Gasteiger partial charge in [-0.1, -0.05) is 46.6 Å². The Labute approximate surface area is 138 Å². The van der Waals surface area contributed by atoms with Gasteiger partial charge in [0.15, 0.2) is 0 Å². The number of methoxy groups -OCH3 is 1. The highest BCUT2D eigenvalue weighted by atomic mass is 79.9. The number of hydrogen-bond acceptors (Lipinski definition) is 2. The number of carbonyl (C=O) groups excluding carboxylic acids is 1. The fraction of sp³-hybridized carbons (Fsp3) is 0.278. The van der Waals surface area contributed by atoms with E-state index in [9.17, 15) is 4.79 Å². The summed E-state index contributed by atoms with van der Waals surface area (Å²) in [6.45, 7) is 0. The van der Waals surface area contributed by atoms with Crippen LogP contribution in [0, 0.1) is 0 Å². The highest BCUT2D eigenvalue weighted by Gasteiger charge is 2.45. The molecule has 22 heavy (non-hydrogen) atoms. The number of benzene rings is 2. The molecule has 1 aliphatic rings. The van der Waals surface area contributed by atoms with Crippen molar-refractivity contribution in [2.75, 3.05) is 12.4 Å². The van der Waals surface area contributed by atoms with Crippen LogP contribution in [0.4, 0.5) is 5.69 Å². The Morgan fingerprint density at radius 3 is 2.41 bits per heavy atom. The van der Waals surface area contributed by atoms with E-state index in [1.165, 1.54) is 0 Å². The van der Waals surface area contributed by atoms with Crippen LogP contribution < -0.4 is 10.1 Å². The van der Waals surface area contributed by atoms with Crippen molar-refractivity contribution in [1.29, 1.82) is 0 Å². The van der Waals surface area contributed by atoms with Gasteiger partial charge in [-0.05, 0) is 42.7 Å². The number of halogens is 1. The molecule has 0 saturated heterocycles. The largest absolute Gasteiger partial charge is 0.495 e.